The summed E-state index contributed by atoms with van der Waals surface area (Å²) in [4.78, 5) is 4.58. The van der Waals surface area contributed by atoms with Crippen molar-refractivity contribution in [1.29, 1.82) is 0 Å². The number of hydrogen-bond donors (Lipinski definition) is 1. The third-order valence-electron chi connectivity index (χ3n) is 3.33. The summed E-state index contributed by atoms with van der Waals surface area (Å²) in [5.41, 5.74) is 2.09. The molecule has 0 bridgehead atoms. The van der Waals surface area contributed by atoms with Crippen LogP contribution < -0.4 is 4.72 Å². The van der Waals surface area contributed by atoms with Crippen molar-refractivity contribution in [3.8, 4) is 0 Å². The van der Waals surface area contributed by atoms with E-state index >= 15 is 0 Å². The molecule has 1 aromatic heterocycles. The maximum atomic E-state index is 11.7. The molecule has 2 aromatic rings. The minimum Gasteiger partial charge on any atom is -0.331 e. The number of rotatable bonds is 7. The third kappa shape index (κ3) is 4.28. The quantitative estimate of drug-likeness (QED) is 0.797. The van der Waals surface area contributed by atoms with Crippen LogP contribution in [0.5, 0.6) is 0 Å². The summed E-state index contributed by atoms with van der Waals surface area (Å²) in [6.45, 7) is 4.26. The Kier molecular flexibility index (Phi) is 5.00. The van der Waals surface area contributed by atoms with Gasteiger partial charge in [0, 0.05) is 20.0 Å². The lowest BCUT2D eigenvalue weighted by atomic mass is 10.3. The predicted molar refractivity (Wildman–Crippen MR) is 85.7 cm³/mol. The van der Waals surface area contributed by atoms with Crippen LogP contribution in [0.1, 0.15) is 26.1 Å². The van der Waals surface area contributed by atoms with Crippen LogP contribution in [0.2, 0.25) is 0 Å². The van der Waals surface area contributed by atoms with Gasteiger partial charge in [0.25, 0.3) is 0 Å². The summed E-state index contributed by atoms with van der Waals surface area (Å²) < 4.78 is 28.2. The van der Waals surface area contributed by atoms with Crippen molar-refractivity contribution in [2.24, 2.45) is 13.0 Å². The molecular weight excluding hydrogens is 286 g/mol. The molecule has 6 heteroatoms. The fourth-order valence-corrected chi connectivity index (χ4v) is 3.84. The van der Waals surface area contributed by atoms with Crippen LogP contribution in [0.3, 0.4) is 0 Å². The monoisotopic (exact) mass is 309 g/mol. The van der Waals surface area contributed by atoms with E-state index in [0.717, 1.165) is 29.7 Å². The van der Waals surface area contributed by atoms with Crippen LogP contribution in [-0.2, 0) is 23.5 Å². The number of nitrogens with zero attached hydrogens (tertiary/aromatic N) is 2. The first-order valence-corrected chi connectivity index (χ1v) is 8.92. The van der Waals surface area contributed by atoms with Gasteiger partial charge in [0.2, 0.25) is 10.0 Å². The van der Waals surface area contributed by atoms with E-state index < -0.39 is 10.0 Å². The molecule has 0 aliphatic carbocycles. The van der Waals surface area contributed by atoms with Gasteiger partial charge >= 0.3 is 0 Å². The highest BCUT2D eigenvalue weighted by molar-refractivity contribution is 7.89. The Morgan fingerprint density at radius 1 is 1.29 bits per heavy atom. The lowest BCUT2D eigenvalue weighted by molar-refractivity contribution is 0.565. The second-order valence-corrected chi connectivity index (χ2v) is 7.60. The average Bonchev–Trinajstić information content (AvgIpc) is 2.71. The molecule has 0 unspecified atom stereocenters. The van der Waals surface area contributed by atoms with Gasteiger partial charge < -0.3 is 4.57 Å². The summed E-state index contributed by atoms with van der Waals surface area (Å²) >= 11 is 0. The number of imidazole rings is 1. The Morgan fingerprint density at radius 3 is 2.67 bits per heavy atom. The summed E-state index contributed by atoms with van der Waals surface area (Å²) in [6.07, 6.45) is 1.50. The second kappa shape index (κ2) is 6.58. The molecule has 0 aliphatic rings. The van der Waals surface area contributed by atoms with Crippen molar-refractivity contribution in [1.82, 2.24) is 14.3 Å². The molecule has 0 saturated heterocycles. The fourth-order valence-electron chi connectivity index (χ4n) is 2.39. The first-order valence-electron chi connectivity index (χ1n) is 7.27. The van der Waals surface area contributed by atoms with E-state index in [1.54, 1.807) is 0 Å². The lowest BCUT2D eigenvalue weighted by Gasteiger charge is -2.08. The number of benzene rings is 1. The number of aryl methyl sites for hydroxylation is 2. The zero-order chi connectivity index (χ0) is 15.5. The van der Waals surface area contributed by atoms with Crippen LogP contribution in [0.15, 0.2) is 24.3 Å². The molecule has 0 atom stereocenters. The summed E-state index contributed by atoms with van der Waals surface area (Å²) in [7, 11) is -1.15. The maximum Gasteiger partial charge on any atom is 0.211 e. The molecule has 0 fully saturated rings. The number of hydrogen-bond acceptors (Lipinski definition) is 3. The highest BCUT2D eigenvalue weighted by Gasteiger charge is 2.12. The summed E-state index contributed by atoms with van der Waals surface area (Å²) in [5.74, 6) is 1.31. The molecule has 0 aliphatic heterocycles. The van der Waals surface area contributed by atoms with Crippen LogP contribution in [0.4, 0.5) is 0 Å². The molecule has 116 valence electrons. The molecule has 0 saturated carbocycles. The van der Waals surface area contributed by atoms with E-state index in [0.29, 0.717) is 6.54 Å². The van der Waals surface area contributed by atoms with E-state index in [4.69, 9.17) is 0 Å². The van der Waals surface area contributed by atoms with Gasteiger partial charge in [-0.25, -0.2) is 18.1 Å². The zero-order valence-corrected chi connectivity index (χ0v) is 13.7. The number of aromatic nitrogens is 2. The maximum absolute atomic E-state index is 11.7. The van der Waals surface area contributed by atoms with Crippen molar-refractivity contribution >= 4 is 21.1 Å². The van der Waals surface area contributed by atoms with Crippen molar-refractivity contribution in [2.45, 2.75) is 26.7 Å². The first-order chi connectivity index (χ1) is 9.89. The van der Waals surface area contributed by atoms with E-state index in [2.05, 4.69) is 14.3 Å². The minimum atomic E-state index is -3.15. The number of fused-ring (bicyclic) bond motifs is 1. The molecule has 21 heavy (non-hydrogen) atoms. The topological polar surface area (TPSA) is 64.0 Å². The first kappa shape index (κ1) is 16.0. The minimum absolute atomic E-state index is 0.141. The standard InChI is InChI=1S/C15H23N3O2S/c1-12(2)11-21(19,20)16-10-6-9-15-17-13-7-4-5-8-14(13)18(15)3/h4-5,7-8,12,16H,6,9-11H2,1-3H3. The molecule has 0 spiro atoms. The smallest absolute Gasteiger partial charge is 0.211 e. The van der Waals surface area contributed by atoms with Crippen molar-refractivity contribution in [3.63, 3.8) is 0 Å². The molecule has 0 amide bonds. The number of nitrogens with one attached hydrogen (secondary N) is 1. The fraction of sp³-hybridized carbons (Fsp3) is 0.533. The normalized spacial score (nSPS) is 12.4. The van der Waals surface area contributed by atoms with Crippen molar-refractivity contribution in [3.05, 3.63) is 30.1 Å². The van der Waals surface area contributed by atoms with Gasteiger partial charge in [-0.3, -0.25) is 0 Å². The molecule has 0 radical (unpaired) electrons. The van der Waals surface area contributed by atoms with Gasteiger partial charge in [0.1, 0.15) is 5.82 Å². The largest absolute Gasteiger partial charge is 0.331 e. The van der Waals surface area contributed by atoms with E-state index in [-0.39, 0.29) is 11.7 Å². The van der Waals surface area contributed by atoms with Gasteiger partial charge in [-0.15, -0.1) is 0 Å². The number of para-hydroxylation sites is 2. The van der Waals surface area contributed by atoms with Gasteiger partial charge in [-0.2, -0.15) is 0 Å². The highest BCUT2D eigenvalue weighted by atomic mass is 32.2. The second-order valence-electron chi connectivity index (χ2n) is 5.75. The van der Waals surface area contributed by atoms with Crippen molar-refractivity contribution in [2.75, 3.05) is 12.3 Å². The molecule has 1 aromatic carbocycles. The van der Waals surface area contributed by atoms with Crippen LogP contribution in [0.25, 0.3) is 11.0 Å². The van der Waals surface area contributed by atoms with Crippen LogP contribution in [-0.4, -0.2) is 30.3 Å². The summed E-state index contributed by atoms with van der Waals surface area (Å²) in [6, 6.07) is 7.99. The SMILES string of the molecule is CC(C)CS(=O)(=O)NCCCc1nc2ccccc2n1C. The van der Waals surface area contributed by atoms with E-state index in [1.165, 1.54) is 0 Å². The molecular formula is C15H23N3O2S. The Morgan fingerprint density at radius 2 is 2.00 bits per heavy atom. The van der Waals surface area contributed by atoms with Crippen LogP contribution >= 0.6 is 0 Å². The van der Waals surface area contributed by atoms with Gasteiger partial charge in [-0.1, -0.05) is 26.0 Å². The Balaban J connectivity index is 1.90. The van der Waals surface area contributed by atoms with Gasteiger partial charge in [0.05, 0.1) is 16.8 Å². The molecule has 5 nitrogen and oxygen atoms in total. The summed E-state index contributed by atoms with van der Waals surface area (Å²) in [5, 5.41) is 0. The molecule has 2 rings (SSSR count). The zero-order valence-electron chi connectivity index (χ0n) is 12.8. The molecule has 1 heterocycles. The third-order valence-corrected chi connectivity index (χ3v) is 5.08. The predicted octanol–water partition coefficient (Wildman–Crippen LogP) is 2.08. The Hall–Kier alpha value is -1.40. The average molecular weight is 309 g/mol. The highest BCUT2D eigenvalue weighted by Crippen LogP contribution is 2.15. The van der Waals surface area contributed by atoms with E-state index in [9.17, 15) is 8.42 Å². The van der Waals surface area contributed by atoms with E-state index in [1.807, 2.05) is 45.2 Å². The lowest BCUT2D eigenvalue weighted by Crippen LogP contribution is -2.29. The van der Waals surface area contributed by atoms with Gasteiger partial charge in [-0.05, 0) is 24.5 Å². The van der Waals surface area contributed by atoms with Crippen LogP contribution in [0, 0.1) is 5.92 Å². The Bertz CT molecular complexity index is 705. The van der Waals surface area contributed by atoms with Gasteiger partial charge in [0.15, 0.2) is 0 Å². The molecule has 1 N–H and O–H groups in total. The Labute approximate surface area is 126 Å². The number of sulfonamides is 1. The van der Waals surface area contributed by atoms with Crippen molar-refractivity contribution < 1.29 is 8.42 Å².